The molecule has 2 amide bonds. The number of carbonyl (C=O) groups is 2. The molecule has 5 nitrogen and oxygen atoms in total. The van der Waals surface area contributed by atoms with Crippen molar-refractivity contribution in [2.24, 2.45) is 5.92 Å². The van der Waals surface area contributed by atoms with E-state index in [1.165, 1.54) is 0 Å². The number of hydrogen-bond donors (Lipinski definition) is 1. The summed E-state index contributed by atoms with van der Waals surface area (Å²) in [6.45, 7) is 11.4. The first-order chi connectivity index (χ1) is 9.58. The van der Waals surface area contributed by atoms with Crippen LogP contribution in [0.15, 0.2) is 0 Å². The van der Waals surface area contributed by atoms with E-state index >= 15 is 0 Å². The van der Waals surface area contributed by atoms with Crippen LogP contribution in [0.3, 0.4) is 0 Å². The summed E-state index contributed by atoms with van der Waals surface area (Å²) in [4.78, 5) is 27.8. The SMILES string of the molecule is CCN(CC)CCCNC(=O)C(=O)N1CCCC(C)C1. The highest BCUT2D eigenvalue weighted by Gasteiger charge is 2.25. The highest BCUT2D eigenvalue weighted by molar-refractivity contribution is 6.35. The molecule has 0 radical (unpaired) electrons. The Bertz CT molecular complexity index is 316. The fourth-order valence-corrected chi connectivity index (χ4v) is 2.64. The topological polar surface area (TPSA) is 52.7 Å². The lowest BCUT2D eigenvalue weighted by Gasteiger charge is -2.30. The summed E-state index contributed by atoms with van der Waals surface area (Å²) in [5.41, 5.74) is 0. The molecule has 1 rings (SSSR count). The van der Waals surface area contributed by atoms with Gasteiger partial charge >= 0.3 is 11.8 Å². The zero-order valence-corrected chi connectivity index (χ0v) is 13.2. The lowest BCUT2D eigenvalue weighted by atomic mass is 10.0. The fourth-order valence-electron chi connectivity index (χ4n) is 2.64. The van der Waals surface area contributed by atoms with Crippen molar-refractivity contribution in [2.75, 3.05) is 39.3 Å². The Morgan fingerprint density at radius 1 is 1.30 bits per heavy atom. The maximum atomic E-state index is 12.0. The van der Waals surface area contributed by atoms with Crippen LogP contribution in [0.25, 0.3) is 0 Å². The molecule has 1 atom stereocenters. The molecule has 5 heteroatoms. The van der Waals surface area contributed by atoms with Crippen LogP contribution < -0.4 is 5.32 Å². The third kappa shape index (κ3) is 5.49. The number of rotatable bonds is 6. The summed E-state index contributed by atoms with van der Waals surface area (Å²) in [5.74, 6) is -0.304. The summed E-state index contributed by atoms with van der Waals surface area (Å²) in [5, 5.41) is 2.74. The van der Waals surface area contributed by atoms with Gasteiger partial charge in [0.25, 0.3) is 0 Å². The molecule has 0 aromatic heterocycles. The van der Waals surface area contributed by atoms with Gasteiger partial charge in [-0.3, -0.25) is 9.59 Å². The Balaban J connectivity index is 2.23. The van der Waals surface area contributed by atoms with Crippen molar-refractivity contribution in [1.82, 2.24) is 15.1 Å². The predicted molar refractivity (Wildman–Crippen MR) is 80.4 cm³/mol. The van der Waals surface area contributed by atoms with Gasteiger partial charge in [0.1, 0.15) is 0 Å². The van der Waals surface area contributed by atoms with E-state index in [-0.39, 0.29) is 5.91 Å². The smallest absolute Gasteiger partial charge is 0.311 e. The lowest BCUT2D eigenvalue weighted by Crippen LogP contribution is -2.47. The average Bonchev–Trinajstić information content (AvgIpc) is 2.46. The molecule has 1 saturated heterocycles. The number of likely N-dealkylation sites (tertiary alicyclic amines) is 1. The van der Waals surface area contributed by atoms with Crippen molar-refractivity contribution in [3.63, 3.8) is 0 Å². The highest BCUT2D eigenvalue weighted by Crippen LogP contribution is 2.15. The third-order valence-electron chi connectivity index (χ3n) is 3.97. The first kappa shape index (κ1) is 17.0. The molecule has 116 valence electrons. The van der Waals surface area contributed by atoms with Crippen molar-refractivity contribution in [3.8, 4) is 0 Å². The van der Waals surface area contributed by atoms with E-state index in [2.05, 4.69) is 31.0 Å². The number of hydrogen-bond acceptors (Lipinski definition) is 3. The Morgan fingerprint density at radius 2 is 2.00 bits per heavy atom. The third-order valence-corrected chi connectivity index (χ3v) is 3.97. The summed E-state index contributed by atoms with van der Waals surface area (Å²) >= 11 is 0. The molecule has 0 aliphatic carbocycles. The summed E-state index contributed by atoms with van der Waals surface area (Å²) < 4.78 is 0. The van der Waals surface area contributed by atoms with Gasteiger partial charge in [-0.1, -0.05) is 20.8 Å². The van der Waals surface area contributed by atoms with E-state index < -0.39 is 5.91 Å². The van der Waals surface area contributed by atoms with Gasteiger partial charge < -0.3 is 15.1 Å². The van der Waals surface area contributed by atoms with E-state index in [4.69, 9.17) is 0 Å². The van der Waals surface area contributed by atoms with E-state index in [0.717, 1.165) is 45.4 Å². The van der Waals surface area contributed by atoms with Crippen LogP contribution in [-0.2, 0) is 9.59 Å². The van der Waals surface area contributed by atoms with Crippen LogP contribution in [0, 0.1) is 5.92 Å². The van der Waals surface area contributed by atoms with Crippen molar-refractivity contribution < 1.29 is 9.59 Å². The number of carbonyl (C=O) groups excluding carboxylic acids is 2. The van der Waals surface area contributed by atoms with Crippen LogP contribution in [-0.4, -0.2) is 60.9 Å². The number of amides is 2. The molecule has 0 spiro atoms. The lowest BCUT2D eigenvalue weighted by molar-refractivity contribution is -0.146. The monoisotopic (exact) mass is 283 g/mol. The molecule has 0 aromatic rings. The molecule has 1 N–H and O–H groups in total. The second kappa shape index (κ2) is 8.95. The maximum absolute atomic E-state index is 12.0. The Morgan fingerprint density at radius 3 is 2.60 bits per heavy atom. The Kier molecular flexibility index (Phi) is 7.59. The maximum Gasteiger partial charge on any atom is 0.311 e. The van der Waals surface area contributed by atoms with E-state index in [9.17, 15) is 9.59 Å². The molecule has 0 bridgehead atoms. The number of nitrogens with one attached hydrogen (secondary N) is 1. The van der Waals surface area contributed by atoms with Gasteiger partial charge in [-0.15, -0.1) is 0 Å². The minimum absolute atomic E-state index is 0.362. The fraction of sp³-hybridized carbons (Fsp3) is 0.867. The standard InChI is InChI=1S/C15H29N3O2/c1-4-17(5-2)10-7-9-16-14(19)15(20)18-11-6-8-13(3)12-18/h13H,4-12H2,1-3H3,(H,16,19). The van der Waals surface area contributed by atoms with E-state index in [1.807, 2.05) is 0 Å². The molecular formula is C15H29N3O2. The predicted octanol–water partition coefficient (Wildman–Crippen LogP) is 1.09. The van der Waals surface area contributed by atoms with E-state index in [1.54, 1.807) is 4.90 Å². The molecule has 0 saturated carbocycles. The molecule has 1 heterocycles. The van der Waals surface area contributed by atoms with Crippen LogP contribution in [0.1, 0.15) is 40.0 Å². The van der Waals surface area contributed by atoms with Gasteiger partial charge in [0.2, 0.25) is 0 Å². The van der Waals surface area contributed by atoms with Crippen molar-refractivity contribution in [2.45, 2.75) is 40.0 Å². The van der Waals surface area contributed by atoms with Crippen molar-refractivity contribution in [3.05, 3.63) is 0 Å². The number of nitrogens with zero attached hydrogens (tertiary/aromatic N) is 2. The molecule has 0 aromatic carbocycles. The van der Waals surface area contributed by atoms with Crippen LogP contribution >= 0.6 is 0 Å². The molecule has 20 heavy (non-hydrogen) atoms. The second-order valence-electron chi connectivity index (χ2n) is 5.63. The largest absolute Gasteiger partial charge is 0.348 e. The minimum Gasteiger partial charge on any atom is -0.348 e. The second-order valence-corrected chi connectivity index (χ2v) is 5.63. The van der Waals surface area contributed by atoms with Crippen LogP contribution in [0.2, 0.25) is 0 Å². The van der Waals surface area contributed by atoms with Crippen molar-refractivity contribution >= 4 is 11.8 Å². The minimum atomic E-state index is -0.446. The average molecular weight is 283 g/mol. The van der Waals surface area contributed by atoms with Gasteiger partial charge in [0.05, 0.1) is 0 Å². The normalized spacial score (nSPS) is 19.2. The molecule has 1 aliphatic rings. The van der Waals surface area contributed by atoms with Gasteiger partial charge in [-0.25, -0.2) is 0 Å². The Hall–Kier alpha value is -1.10. The molecule has 1 fully saturated rings. The summed E-state index contributed by atoms with van der Waals surface area (Å²) in [6, 6.07) is 0. The first-order valence-electron chi connectivity index (χ1n) is 7.87. The first-order valence-corrected chi connectivity index (χ1v) is 7.87. The zero-order valence-electron chi connectivity index (χ0n) is 13.2. The van der Waals surface area contributed by atoms with Crippen LogP contribution in [0.5, 0.6) is 0 Å². The summed E-state index contributed by atoms with van der Waals surface area (Å²) in [7, 11) is 0. The van der Waals surface area contributed by atoms with Crippen LogP contribution in [0.4, 0.5) is 0 Å². The molecule has 1 unspecified atom stereocenters. The Labute approximate surface area is 122 Å². The van der Waals surface area contributed by atoms with Gasteiger partial charge in [-0.2, -0.15) is 0 Å². The van der Waals surface area contributed by atoms with Gasteiger partial charge in [0, 0.05) is 19.6 Å². The summed E-state index contributed by atoms with van der Waals surface area (Å²) in [6.07, 6.45) is 3.04. The number of piperidine rings is 1. The molecule has 1 aliphatic heterocycles. The van der Waals surface area contributed by atoms with Gasteiger partial charge in [0.15, 0.2) is 0 Å². The quantitative estimate of drug-likeness (QED) is 0.586. The highest BCUT2D eigenvalue weighted by atomic mass is 16.2. The van der Waals surface area contributed by atoms with Crippen molar-refractivity contribution in [1.29, 1.82) is 0 Å². The van der Waals surface area contributed by atoms with Gasteiger partial charge in [-0.05, 0) is 44.8 Å². The molecular weight excluding hydrogens is 254 g/mol. The zero-order chi connectivity index (χ0) is 15.0. The van der Waals surface area contributed by atoms with E-state index in [0.29, 0.717) is 19.0 Å².